The van der Waals surface area contributed by atoms with Crippen LogP contribution in [0.25, 0.3) is 11.2 Å². The van der Waals surface area contributed by atoms with Crippen LogP contribution in [0.2, 0.25) is 10.0 Å². The minimum Gasteiger partial charge on any atom is -0.503 e. The molecule has 6 atom stereocenters. The Morgan fingerprint density at radius 3 is 2.17 bits per heavy atom. The molecule has 1 spiro atoms. The van der Waals surface area contributed by atoms with Crippen LogP contribution in [0.15, 0.2) is 41.5 Å². The number of aromatic nitrogens is 4. The number of esters is 1. The zero-order valence-electron chi connectivity index (χ0n) is 35.6. The molecule has 1 fully saturated rings. The second-order valence-electron chi connectivity index (χ2n) is 14.9. The Kier molecular flexibility index (Phi) is 13.9. The van der Waals surface area contributed by atoms with E-state index in [1.165, 1.54) is 44.6 Å². The molecule has 0 radical (unpaired) electrons. The summed E-state index contributed by atoms with van der Waals surface area (Å²) in [6, 6.07) is 6.53. The number of ether oxygens (including phenoxy) is 6. The van der Waals surface area contributed by atoms with E-state index in [1.807, 2.05) is 0 Å². The highest BCUT2D eigenvalue weighted by Gasteiger charge is 2.56. The van der Waals surface area contributed by atoms with Gasteiger partial charge in [-0.05, 0) is 42.1 Å². The maximum absolute atomic E-state index is 13.7. The number of fused-ring (bicyclic) bond motifs is 7. The summed E-state index contributed by atoms with van der Waals surface area (Å²) in [4.78, 5) is 101. The lowest BCUT2D eigenvalue weighted by molar-refractivity contribution is -0.0522. The van der Waals surface area contributed by atoms with Gasteiger partial charge in [0.2, 0.25) is 5.95 Å². The van der Waals surface area contributed by atoms with Crippen LogP contribution in [-0.2, 0) is 53.9 Å². The van der Waals surface area contributed by atoms with E-state index in [4.69, 9.17) is 67.1 Å². The van der Waals surface area contributed by atoms with Crippen molar-refractivity contribution in [2.75, 3.05) is 39.6 Å². The predicted octanol–water partition coefficient (Wildman–Crippen LogP) is 2.25. The number of alkyl carbamates (subject to hydrolysis) is 1. The zero-order chi connectivity index (χ0) is 51.7. The molecule has 12 N–H and O–H groups in total. The molecule has 1 saturated heterocycles. The summed E-state index contributed by atoms with van der Waals surface area (Å²) in [7, 11) is -8.90. The number of amides is 2. The molecule has 5 aromatic rings. The second-order valence-corrected chi connectivity index (χ2v) is 21.5. The number of carbonyl (C=O) groups excluding carboxylic acids is 3. The number of imidazole rings is 1. The molecule has 35 heteroatoms. The molecule has 0 saturated carbocycles. The lowest BCUT2D eigenvalue weighted by Crippen LogP contribution is -2.41. The van der Waals surface area contributed by atoms with Gasteiger partial charge < -0.3 is 79.7 Å². The van der Waals surface area contributed by atoms with Crippen molar-refractivity contribution in [2.45, 2.75) is 30.1 Å². The van der Waals surface area contributed by atoms with Crippen LogP contribution in [-0.4, -0.2) is 125 Å². The summed E-state index contributed by atoms with van der Waals surface area (Å²) in [5.74, 6) is -3.88. The van der Waals surface area contributed by atoms with Crippen molar-refractivity contribution in [3.05, 3.63) is 84.9 Å². The van der Waals surface area contributed by atoms with Gasteiger partial charge in [-0.2, -0.15) is 9.29 Å². The maximum Gasteiger partial charge on any atom is 0.488 e. The van der Waals surface area contributed by atoms with Gasteiger partial charge in [0.15, 0.2) is 63.6 Å². The summed E-state index contributed by atoms with van der Waals surface area (Å²) < 4.78 is 72.1. The number of aliphatic hydroxyl groups is 1. The number of phenolic OH excluding ortho intramolecular Hbond substituents is 2. The molecule has 3 aliphatic rings. The fraction of sp³-hybridized carbons (Fsp3) is 0.278. The molecule has 2 amide bonds. The Hall–Kier alpha value is -5.65. The van der Waals surface area contributed by atoms with Crippen LogP contribution in [0.4, 0.5) is 10.7 Å². The van der Waals surface area contributed by atoms with Crippen LogP contribution < -0.4 is 36.1 Å². The first-order valence-corrected chi connectivity index (χ1v) is 26.0. The number of H-pyrrole nitrogens is 1. The number of nitrogens with two attached hydrogens (primary N) is 1. The van der Waals surface area contributed by atoms with Crippen LogP contribution in [0.5, 0.6) is 34.5 Å². The smallest absolute Gasteiger partial charge is 0.488 e. The van der Waals surface area contributed by atoms with E-state index in [2.05, 4.69) is 50.5 Å². The Morgan fingerprint density at radius 2 is 1.56 bits per heavy atom. The van der Waals surface area contributed by atoms with Crippen molar-refractivity contribution < 1.29 is 100.0 Å². The number of halogens is 2. The number of methoxy groups -OCH3 is 2. The van der Waals surface area contributed by atoms with Gasteiger partial charge in [-0.3, -0.25) is 23.7 Å². The minimum atomic E-state index is -5.73. The SMILES string of the molecule is COc1cc2c(c(Cl)c1O)Oc1c(cc(OC)c(O)c1Cl)C21OC(=O)c2ccc(C(=O)NCCNC(=O)O[C@@H]3[C@H](O)[C@@H](COP(=O)(O)OP(=O)(O)OP(O)(O)=S)O[C@H]3n3cnc4c(=O)[nH]c(N)nc43)cc21. The van der Waals surface area contributed by atoms with Crippen molar-refractivity contribution in [1.82, 2.24) is 30.2 Å². The van der Waals surface area contributed by atoms with Gasteiger partial charge in [0, 0.05) is 24.2 Å². The summed E-state index contributed by atoms with van der Waals surface area (Å²) >= 11 is 17.2. The highest BCUT2D eigenvalue weighted by atomic mass is 35.5. The molecule has 2 aromatic heterocycles. The van der Waals surface area contributed by atoms with Crippen molar-refractivity contribution >= 4 is 92.5 Å². The average molecular weight is 1110 g/mol. The molecule has 0 bridgehead atoms. The molecule has 5 heterocycles. The number of aromatic amines is 1. The molecular weight excluding hydrogens is 1080 g/mol. The number of benzene rings is 3. The highest BCUT2D eigenvalue weighted by molar-refractivity contribution is 8.08. The number of hydrogen-bond acceptors (Lipinski definition) is 22. The van der Waals surface area contributed by atoms with E-state index in [-0.39, 0.29) is 91.1 Å². The molecule has 0 aliphatic carbocycles. The molecule has 2 unspecified atom stereocenters. The summed E-state index contributed by atoms with van der Waals surface area (Å²) in [6.45, 7) is -6.70. The van der Waals surface area contributed by atoms with Crippen molar-refractivity contribution in [3.63, 3.8) is 0 Å². The number of nitrogens with zero attached hydrogens (tertiary/aromatic N) is 3. The fourth-order valence-electron chi connectivity index (χ4n) is 7.70. The van der Waals surface area contributed by atoms with Crippen LogP contribution >= 0.6 is 45.6 Å². The fourth-order valence-corrected chi connectivity index (χ4v) is 12.0. The predicted molar refractivity (Wildman–Crippen MR) is 241 cm³/mol. The number of hydrogen-bond donors (Lipinski definition) is 11. The number of carbonyl (C=O) groups is 3. The molecule has 71 heavy (non-hydrogen) atoms. The topological polar surface area (TPSA) is 424 Å². The average Bonchev–Trinajstić information content (AvgIpc) is 3.94. The number of anilines is 1. The monoisotopic (exact) mass is 1110 g/mol. The zero-order valence-corrected chi connectivity index (χ0v) is 40.6. The summed E-state index contributed by atoms with van der Waals surface area (Å²) in [5.41, 5.74) is 2.38. The molecule has 29 nitrogen and oxygen atoms in total. The molecule has 3 aromatic carbocycles. The van der Waals surface area contributed by atoms with E-state index >= 15 is 0 Å². The van der Waals surface area contributed by atoms with E-state index in [0.717, 1.165) is 10.9 Å². The van der Waals surface area contributed by atoms with E-state index in [9.17, 15) is 53.4 Å². The first-order valence-electron chi connectivity index (χ1n) is 19.6. The number of phenols is 2. The van der Waals surface area contributed by atoms with Gasteiger partial charge in [0.05, 0.1) is 43.8 Å². The molecule has 380 valence electrons. The Bertz CT molecular complexity index is 3200. The van der Waals surface area contributed by atoms with E-state index in [0.29, 0.717) is 0 Å². The normalized spacial score (nSPS) is 20.4. The Balaban J connectivity index is 0.998. The number of aliphatic hydroxyl groups excluding tert-OH is 1. The minimum absolute atomic E-state index is 0.0218. The number of phosphoric ester groups is 1. The Morgan fingerprint density at radius 1 is 0.944 bits per heavy atom. The first kappa shape index (κ1) is 51.7. The third-order valence-corrected chi connectivity index (χ3v) is 15.7. The van der Waals surface area contributed by atoms with Crippen LogP contribution in [0.1, 0.15) is 43.6 Å². The third kappa shape index (κ3) is 9.73. The van der Waals surface area contributed by atoms with Crippen molar-refractivity contribution in [1.29, 1.82) is 0 Å². The summed E-state index contributed by atoms with van der Waals surface area (Å²) in [5, 5.41) is 37.1. The largest absolute Gasteiger partial charge is 0.503 e. The second kappa shape index (κ2) is 19.1. The number of phosphoric acid groups is 2. The van der Waals surface area contributed by atoms with Crippen LogP contribution in [0.3, 0.4) is 0 Å². The van der Waals surface area contributed by atoms with Gasteiger partial charge in [-0.15, -0.1) is 0 Å². The van der Waals surface area contributed by atoms with Gasteiger partial charge >= 0.3 is 34.4 Å². The molecule has 3 aliphatic heterocycles. The van der Waals surface area contributed by atoms with Gasteiger partial charge in [-0.1, -0.05) is 23.2 Å². The first-order chi connectivity index (χ1) is 33.3. The van der Waals surface area contributed by atoms with Crippen molar-refractivity contribution in [3.8, 4) is 34.5 Å². The van der Waals surface area contributed by atoms with E-state index in [1.54, 1.807) is 0 Å². The summed E-state index contributed by atoms with van der Waals surface area (Å²) in [6.07, 6.45) is -7.41. The Labute approximate surface area is 410 Å². The van der Waals surface area contributed by atoms with Crippen molar-refractivity contribution in [2.24, 2.45) is 0 Å². The number of rotatable bonds is 15. The van der Waals surface area contributed by atoms with E-state index < -0.39 is 94.1 Å². The van der Waals surface area contributed by atoms with Gasteiger partial charge in [0.1, 0.15) is 22.3 Å². The standard InChI is InChI=1S/C36H34Cl2N7O22P3S/c1-59-17-8-15-26(20(37)23(17)46)63-27-16(9-18(60-2)24(47)21(27)38)36(15)14-7-12(3-4-13(14)33(51)65-36)30(49)40-5-6-41-35(52)64-28-25(48)19(10-61-68(53,54)66-69(55,56)67-70(57,58)71)62-32(28)45-11-42-22-29(45)43-34(39)44-31(22)50/h3-4,7-9,11,19,25,28,32,46-48H,5-6,10H2,1-2H3,(H,40,49)(H,41,52)(H,53,54)(H,55,56)(H2,57,58,71)(H3,39,43,44,50)/t19-,25-,28-,32-/m1/s1. The van der Waals surface area contributed by atoms with Crippen LogP contribution in [0, 0.1) is 0 Å². The maximum atomic E-state index is 13.7. The molecule has 8 rings (SSSR count). The lowest BCUT2D eigenvalue weighted by atomic mass is 9.77. The number of aromatic hydroxyl groups is 2. The number of nitrogens with one attached hydrogen (secondary N) is 3. The third-order valence-electron chi connectivity index (χ3n) is 10.6. The lowest BCUT2D eigenvalue weighted by Gasteiger charge is -2.37. The van der Waals surface area contributed by atoms with Gasteiger partial charge in [0.25, 0.3) is 11.5 Å². The molecular formula is C36H34Cl2N7O22P3S. The highest BCUT2D eigenvalue weighted by Crippen LogP contribution is 2.67. The quantitative estimate of drug-likeness (QED) is 0.0407. The number of nitrogen functional groups attached to an aromatic ring is 1. The van der Waals surface area contributed by atoms with Gasteiger partial charge in [-0.25, -0.2) is 28.0 Å².